The highest BCUT2D eigenvalue weighted by molar-refractivity contribution is 7.89. The molecule has 0 saturated carbocycles. The summed E-state index contributed by atoms with van der Waals surface area (Å²) in [5, 5.41) is 8.39. The molecule has 0 aromatic carbocycles. The standard InChI is InChI=1S/C10H18F3NO4S/c1-8(2)6-14(7-10(11,12)13)19(17,18)5-3-4-9(15)16/h8H,3-7H2,1-2H3,(H,15,16). The summed E-state index contributed by atoms with van der Waals surface area (Å²) in [7, 11) is -4.10. The maximum atomic E-state index is 12.3. The molecule has 0 aliphatic rings. The highest BCUT2D eigenvalue weighted by atomic mass is 32.2. The molecule has 0 unspecified atom stereocenters. The van der Waals surface area contributed by atoms with Crippen molar-refractivity contribution in [3.05, 3.63) is 0 Å². The molecule has 0 amide bonds. The predicted octanol–water partition coefficient (Wildman–Crippen LogP) is 1.70. The predicted molar refractivity (Wildman–Crippen MR) is 63.1 cm³/mol. The van der Waals surface area contributed by atoms with Crippen LogP contribution in [0.3, 0.4) is 0 Å². The van der Waals surface area contributed by atoms with Crippen molar-refractivity contribution in [1.82, 2.24) is 4.31 Å². The molecule has 0 bridgehead atoms. The van der Waals surface area contributed by atoms with E-state index < -0.39 is 34.5 Å². The highest BCUT2D eigenvalue weighted by Gasteiger charge is 2.36. The maximum absolute atomic E-state index is 12.3. The van der Waals surface area contributed by atoms with E-state index in [2.05, 4.69) is 0 Å². The Morgan fingerprint density at radius 1 is 1.32 bits per heavy atom. The summed E-state index contributed by atoms with van der Waals surface area (Å²) < 4.78 is 60.9. The smallest absolute Gasteiger partial charge is 0.402 e. The van der Waals surface area contributed by atoms with Crippen LogP contribution in [0.2, 0.25) is 0 Å². The number of nitrogens with zero attached hydrogens (tertiary/aromatic N) is 1. The molecule has 0 aromatic rings. The lowest BCUT2D eigenvalue weighted by molar-refractivity contribution is -0.138. The van der Waals surface area contributed by atoms with Crippen molar-refractivity contribution in [3.63, 3.8) is 0 Å². The summed E-state index contributed by atoms with van der Waals surface area (Å²) >= 11 is 0. The van der Waals surface area contributed by atoms with Gasteiger partial charge in [-0.15, -0.1) is 0 Å². The van der Waals surface area contributed by atoms with Crippen LogP contribution in [0, 0.1) is 5.92 Å². The van der Waals surface area contributed by atoms with Crippen molar-refractivity contribution in [2.75, 3.05) is 18.8 Å². The third kappa shape index (κ3) is 8.82. The van der Waals surface area contributed by atoms with E-state index in [4.69, 9.17) is 5.11 Å². The molecular weight excluding hydrogens is 287 g/mol. The number of hydrogen-bond donors (Lipinski definition) is 1. The fourth-order valence-electron chi connectivity index (χ4n) is 1.42. The van der Waals surface area contributed by atoms with Crippen molar-refractivity contribution in [3.8, 4) is 0 Å². The number of alkyl halides is 3. The highest BCUT2D eigenvalue weighted by Crippen LogP contribution is 2.20. The van der Waals surface area contributed by atoms with Crippen LogP contribution >= 0.6 is 0 Å². The zero-order valence-electron chi connectivity index (χ0n) is 10.8. The summed E-state index contributed by atoms with van der Waals surface area (Å²) in [6.07, 6.45) is -5.21. The van der Waals surface area contributed by atoms with E-state index in [0.717, 1.165) is 0 Å². The van der Waals surface area contributed by atoms with E-state index in [1.54, 1.807) is 13.8 Å². The zero-order valence-corrected chi connectivity index (χ0v) is 11.6. The number of carbonyl (C=O) groups is 1. The number of carboxylic acids is 1. The van der Waals surface area contributed by atoms with Gasteiger partial charge in [0, 0.05) is 13.0 Å². The van der Waals surface area contributed by atoms with Gasteiger partial charge in [-0.2, -0.15) is 17.5 Å². The van der Waals surface area contributed by atoms with E-state index in [9.17, 15) is 26.4 Å². The Morgan fingerprint density at radius 3 is 2.21 bits per heavy atom. The lowest BCUT2D eigenvalue weighted by Crippen LogP contribution is -2.42. The van der Waals surface area contributed by atoms with Crippen molar-refractivity contribution in [2.24, 2.45) is 5.92 Å². The molecule has 1 N–H and O–H groups in total. The zero-order chi connectivity index (χ0) is 15.3. The van der Waals surface area contributed by atoms with Crippen LogP contribution in [0.4, 0.5) is 13.2 Å². The molecule has 0 rings (SSSR count). The molecule has 0 aliphatic heterocycles. The third-order valence-corrected chi connectivity index (χ3v) is 3.98. The van der Waals surface area contributed by atoms with Crippen LogP contribution in [0.15, 0.2) is 0 Å². The van der Waals surface area contributed by atoms with Crippen molar-refractivity contribution < 1.29 is 31.5 Å². The summed E-state index contributed by atoms with van der Waals surface area (Å²) in [6.45, 7) is 1.43. The Labute approximate surface area is 110 Å². The molecule has 0 saturated heterocycles. The van der Waals surface area contributed by atoms with Gasteiger partial charge in [0.1, 0.15) is 6.54 Å². The molecule has 0 radical (unpaired) electrons. The van der Waals surface area contributed by atoms with Gasteiger partial charge in [-0.25, -0.2) is 8.42 Å². The Morgan fingerprint density at radius 2 is 1.84 bits per heavy atom. The Kier molecular flexibility index (Phi) is 6.78. The van der Waals surface area contributed by atoms with Crippen LogP contribution in [-0.2, 0) is 14.8 Å². The van der Waals surface area contributed by atoms with E-state index in [1.807, 2.05) is 0 Å². The molecule has 9 heteroatoms. The van der Waals surface area contributed by atoms with Gasteiger partial charge in [0.2, 0.25) is 10.0 Å². The van der Waals surface area contributed by atoms with Crippen LogP contribution in [-0.4, -0.2) is 48.8 Å². The average molecular weight is 305 g/mol. The second-order valence-corrected chi connectivity index (χ2v) is 6.70. The quantitative estimate of drug-likeness (QED) is 0.740. The topological polar surface area (TPSA) is 74.7 Å². The second kappa shape index (κ2) is 7.09. The Bertz CT molecular complexity index is 392. The largest absolute Gasteiger partial charge is 0.481 e. The first-order chi connectivity index (χ1) is 8.44. The van der Waals surface area contributed by atoms with E-state index in [0.29, 0.717) is 4.31 Å². The molecule has 0 spiro atoms. The van der Waals surface area contributed by atoms with Crippen LogP contribution in [0.1, 0.15) is 26.7 Å². The van der Waals surface area contributed by atoms with Crippen LogP contribution < -0.4 is 0 Å². The van der Waals surface area contributed by atoms with Crippen molar-refractivity contribution >= 4 is 16.0 Å². The van der Waals surface area contributed by atoms with Crippen molar-refractivity contribution in [1.29, 1.82) is 0 Å². The van der Waals surface area contributed by atoms with Gasteiger partial charge in [0.25, 0.3) is 0 Å². The molecule has 0 aliphatic carbocycles. The number of rotatable bonds is 8. The minimum atomic E-state index is -4.62. The monoisotopic (exact) mass is 305 g/mol. The molecular formula is C10H18F3NO4S. The first-order valence-corrected chi connectivity index (χ1v) is 7.31. The van der Waals surface area contributed by atoms with E-state index >= 15 is 0 Å². The molecule has 0 heterocycles. The van der Waals surface area contributed by atoms with Gasteiger partial charge < -0.3 is 5.11 Å². The van der Waals surface area contributed by atoms with Gasteiger partial charge >= 0.3 is 12.1 Å². The Hall–Kier alpha value is -0.830. The summed E-state index contributed by atoms with van der Waals surface area (Å²) in [4.78, 5) is 10.3. The number of sulfonamides is 1. The molecule has 114 valence electrons. The molecule has 19 heavy (non-hydrogen) atoms. The van der Waals surface area contributed by atoms with E-state index in [-0.39, 0.29) is 25.3 Å². The van der Waals surface area contributed by atoms with Gasteiger partial charge in [-0.05, 0) is 12.3 Å². The van der Waals surface area contributed by atoms with Gasteiger partial charge in [-0.3, -0.25) is 4.79 Å². The molecule has 0 fully saturated rings. The van der Waals surface area contributed by atoms with E-state index in [1.165, 1.54) is 0 Å². The number of halogens is 3. The van der Waals surface area contributed by atoms with Crippen molar-refractivity contribution in [2.45, 2.75) is 32.9 Å². The summed E-state index contributed by atoms with van der Waals surface area (Å²) in [5.41, 5.74) is 0. The molecule has 0 aromatic heterocycles. The Balaban J connectivity index is 4.76. The minimum absolute atomic E-state index is 0.204. The fourth-order valence-corrected chi connectivity index (χ4v) is 3.05. The SMILES string of the molecule is CC(C)CN(CC(F)(F)F)S(=O)(=O)CCCC(=O)O. The van der Waals surface area contributed by atoms with Gasteiger partial charge in [0.15, 0.2) is 0 Å². The second-order valence-electron chi connectivity index (χ2n) is 4.61. The summed E-state index contributed by atoms with van der Waals surface area (Å²) in [6, 6.07) is 0. The van der Waals surface area contributed by atoms with Crippen LogP contribution in [0.5, 0.6) is 0 Å². The first-order valence-electron chi connectivity index (χ1n) is 5.70. The number of aliphatic carboxylic acids is 1. The lowest BCUT2D eigenvalue weighted by Gasteiger charge is -2.24. The normalized spacial score (nSPS) is 13.2. The van der Waals surface area contributed by atoms with Gasteiger partial charge in [-0.1, -0.05) is 13.8 Å². The number of hydrogen-bond acceptors (Lipinski definition) is 3. The molecule has 0 atom stereocenters. The molecule has 5 nitrogen and oxygen atoms in total. The average Bonchev–Trinajstić information content (AvgIpc) is 2.12. The lowest BCUT2D eigenvalue weighted by atomic mass is 10.2. The number of carboxylic acid groups (broad SMARTS) is 1. The van der Waals surface area contributed by atoms with Crippen LogP contribution in [0.25, 0.3) is 0 Å². The first kappa shape index (κ1) is 18.2. The third-order valence-electron chi connectivity index (χ3n) is 2.11. The summed E-state index contributed by atoms with van der Waals surface area (Å²) in [5.74, 6) is -2.03. The van der Waals surface area contributed by atoms with Gasteiger partial charge in [0.05, 0.1) is 5.75 Å². The maximum Gasteiger partial charge on any atom is 0.402 e. The fraction of sp³-hybridized carbons (Fsp3) is 0.900. The minimum Gasteiger partial charge on any atom is -0.481 e.